The van der Waals surface area contributed by atoms with Gasteiger partial charge in [-0.2, -0.15) is 0 Å². The summed E-state index contributed by atoms with van der Waals surface area (Å²) in [6.07, 6.45) is 1.04. The molecule has 1 aliphatic rings. The van der Waals surface area contributed by atoms with E-state index in [0.717, 1.165) is 30.9 Å². The predicted molar refractivity (Wildman–Crippen MR) is 99.9 cm³/mol. The molecule has 0 aliphatic carbocycles. The van der Waals surface area contributed by atoms with Crippen LogP contribution in [-0.4, -0.2) is 24.8 Å². The van der Waals surface area contributed by atoms with Crippen molar-refractivity contribution in [1.29, 1.82) is 0 Å². The highest BCUT2D eigenvalue weighted by Gasteiger charge is 2.17. The van der Waals surface area contributed by atoms with Gasteiger partial charge in [0.25, 0.3) is 5.91 Å². The maximum Gasteiger partial charge on any atom is 0.258 e. The lowest BCUT2D eigenvalue weighted by atomic mass is 10.1. The highest BCUT2D eigenvalue weighted by molar-refractivity contribution is 6.46. The maximum atomic E-state index is 12.4. The molecule has 0 fully saturated rings. The summed E-state index contributed by atoms with van der Waals surface area (Å²) in [7, 11) is 0. The van der Waals surface area contributed by atoms with E-state index in [4.69, 9.17) is 34.8 Å². The second-order valence-corrected chi connectivity index (χ2v) is 6.45. The average molecular weight is 383 g/mol. The largest absolute Gasteiger partial charge is 0.370 e. The molecule has 7 heteroatoms. The molecule has 0 aromatic heterocycles. The van der Waals surface area contributed by atoms with Gasteiger partial charge in [-0.15, -0.1) is 0 Å². The first-order valence-electron chi connectivity index (χ1n) is 7.40. The molecule has 0 saturated carbocycles. The summed E-state index contributed by atoms with van der Waals surface area (Å²) in [5, 5.41) is 6.69. The number of benzene rings is 2. The summed E-state index contributed by atoms with van der Waals surface area (Å²) in [6, 6.07) is 10.5. The van der Waals surface area contributed by atoms with Crippen LogP contribution in [0.5, 0.6) is 0 Å². The Morgan fingerprint density at radius 2 is 1.75 bits per heavy atom. The summed E-state index contributed by atoms with van der Waals surface area (Å²) in [4.78, 5) is 16.9. The molecule has 2 aromatic carbocycles. The summed E-state index contributed by atoms with van der Waals surface area (Å²) < 4.78 is 0. The minimum absolute atomic E-state index is 0.138. The van der Waals surface area contributed by atoms with Crippen LogP contribution in [0.3, 0.4) is 0 Å². The molecular formula is C17H14Cl3N3O. The smallest absolute Gasteiger partial charge is 0.258 e. The summed E-state index contributed by atoms with van der Waals surface area (Å²) in [5.74, 6) is 0.466. The van der Waals surface area contributed by atoms with Gasteiger partial charge in [-0.05, 0) is 42.8 Å². The Kier molecular flexibility index (Phi) is 5.29. The summed E-state index contributed by atoms with van der Waals surface area (Å²) in [5.41, 5.74) is 1.77. The van der Waals surface area contributed by atoms with Crippen molar-refractivity contribution in [2.75, 3.05) is 18.4 Å². The van der Waals surface area contributed by atoms with Gasteiger partial charge in [-0.25, -0.2) is 0 Å². The van der Waals surface area contributed by atoms with E-state index in [-0.39, 0.29) is 20.6 Å². The molecule has 0 radical (unpaired) electrons. The van der Waals surface area contributed by atoms with Crippen LogP contribution in [0.25, 0.3) is 0 Å². The second-order valence-electron chi connectivity index (χ2n) is 5.26. The Labute approximate surface area is 154 Å². The SMILES string of the molecule is O=C(Nc1ccc(C2=NCCCN2)cc1)c1c(Cl)ccc(Cl)c1Cl. The van der Waals surface area contributed by atoms with Crippen molar-refractivity contribution in [1.82, 2.24) is 5.32 Å². The van der Waals surface area contributed by atoms with Gasteiger partial charge in [0.05, 0.1) is 20.6 Å². The van der Waals surface area contributed by atoms with Crippen LogP contribution in [-0.2, 0) is 0 Å². The van der Waals surface area contributed by atoms with Gasteiger partial charge >= 0.3 is 0 Å². The first-order valence-corrected chi connectivity index (χ1v) is 8.53. The molecule has 24 heavy (non-hydrogen) atoms. The Balaban J connectivity index is 1.78. The molecule has 0 atom stereocenters. The minimum Gasteiger partial charge on any atom is -0.370 e. The number of carbonyl (C=O) groups is 1. The van der Waals surface area contributed by atoms with Gasteiger partial charge in [0.2, 0.25) is 0 Å². The number of nitrogens with one attached hydrogen (secondary N) is 2. The van der Waals surface area contributed by atoms with E-state index in [1.54, 1.807) is 24.3 Å². The average Bonchev–Trinajstić information content (AvgIpc) is 2.60. The number of hydrogen-bond acceptors (Lipinski definition) is 3. The number of anilines is 1. The Morgan fingerprint density at radius 1 is 1.04 bits per heavy atom. The summed E-state index contributed by atoms with van der Waals surface area (Å²) >= 11 is 18.1. The lowest BCUT2D eigenvalue weighted by Crippen LogP contribution is -2.30. The molecule has 124 valence electrons. The van der Waals surface area contributed by atoms with Crippen molar-refractivity contribution >= 4 is 52.2 Å². The normalized spacial score (nSPS) is 13.9. The van der Waals surface area contributed by atoms with Crippen LogP contribution in [0.4, 0.5) is 5.69 Å². The van der Waals surface area contributed by atoms with Gasteiger partial charge in [0.1, 0.15) is 5.84 Å². The fourth-order valence-electron chi connectivity index (χ4n) is 2.37. The van der Waals surface area contributed by atoms with Crippen molar-refractivity contribution in [3.8, 4) is 0 Å². The molecule has 4 nitrogen and oxygen atoms in total. The third-order valence-corrected chi connectivity index (χ3v) is 4.70. The molecule has 2 aromatic rings. The number of hydrogen-bond donors (Lipinski definition) is 2. The lowest BCUT2D eigenvalue weighted by Gasteiger charge is -2.15. The fourth-order valence-corrected chi connectivity index (χ4v) is 3.07. The van der Waals surface area contributed by atoms with Gasteiger partial charge in [-0.3, -0.25) is 9.79 Å². The first kappa shape index (κ1) is 17.1. The van der Waals surface area contributed by atoms with Gasteiger partial charge in [-0.1, -0.05) is 34.8 Å². The molecule has 0 spiro atoms. The van der Waals surface area contributed by atoms with Crippen LogP contribution in [0.15, 0.2) is 41.4 Å². The van der Waals surface area contributed by atoms with Crippen molar-refractivity contribution in [2.45, 2.75) is 6.42 Å². The van der Waals surface area contributed by atoms with Crippen molar-refractivity contribution in [3.05, 3.63) is 62.6 Å². The first-order chi connectivity index (χ1) is 11.6. The van der Waals surface area contributed by atoms with Crippen LogP contribution in [0, 0.1) is 0 Å². The monoisotopic (exact) mass is 381 g/mol. The zero-order valence-corrected chi connectivity index (χ0v) is 14.8. The zero-order valence-electron chi connectivity index (χ0n) is 12.6. The van der Waals surface area contributed by atoms with E-state index < -0.39 is 5.91 Å². The van der Waals surface area contributed by atoms with Gasteiger partial charge in [0.15, 0.2) is 0 Å². The Hall–Kier alpha value is -1.75. The Morgan fingerprint density at radius 3 is 2.42 bits per heavy atom. The van der Waals surface area contributed by atoms with Crippen molar-refractivity contribution in [2.24, 2.45) is 4.99 Å². The number of amides is 1. The molecule has 0 unspecified atom stereocenters. The third-order valence-electron chi connectivity index (χ3n) is 3.58. The molecular weight excluding hydrogens is 369 g/mol. The highest BCUT2D eigenvalue weighted by atomic mass is 35.5. The van der Waals surface area contributed by atoms with Crippen LogP contribution in [0.2, 0.25) is 15.1 Å². The summed E-state index contributed by atoms with van der Waals surface area (Å²) in [6.45, 7) is 1.75. The van der Waals surface area contributed by atoms with E-state index in [0.29, 0.717) is 5.69 Å². The predicted octanol–water partition coefficient (Wildman–Crippen LogP) is 4.64. The molecule has 2 N–H and O–H groups in total. The number of rotatable bonds is 3. The standard InChI is InChI=1S/C17H14Cl3N3O/c18-12-6-7-13(19)15(20)14(12)17(24)23-11-4-2-10(3-5-11)16-21-8-1-9-22-16/h2-7H,1,8-9H2,(H,21,22)(H,23,24). The lowest BCUT2D eigenvalue weighted by molar-refractivity contribution is 0.102. The topological polar surface area (TPSA) is 53.5 Å². The number of halogens is 3. The molecule has 0 saturated heterocycles. The second kappa shape index (κ2) is 7.43. The third kappa shape index (κ3) is 3.66. The van der Waals surface area contributed by atoms with E-state index >= 15 is 0 Å². The van der Waals surface area contributed by atoms with Crippen molar-refractivity contribution in [3.63, 3.8) is 0 Å². The minimum atomic E-state index is -0.409. The molecule has 3 rings (SSSR count). The van der Waals surface area contributed by atoms with Crippen LogP contribution >= 0.6 is 34.8 Å². The highest BCUT2D eigenvalue weighted by Crippen LogP contribution is 2.32. The Bertz CT molecular complexity index is 803. The van der Waals surface area contributed by atoms with Crippen LogP contribution < -0.4 is 10.6 Å². The van der Waals surface area contributed by atoms with Crippen molar-refractivity contribution < 1.29 is 4.79 Å². The molecule has 0 bridgehead atoms. The molecule has 1 amide bonds. The number of carbonyl (C=O) groups excluding carboxylic acids is 1. The molecule has 1 heterocycles. The number of nitrogens with zero attached hydrogens (tertiary/aromatic N) is 1. The van der Waals surface area contributed by atoms with Gasteiger partial charge in [0, 0.05) is 24.3 Å². The van der Waals surface area contributed by atoms with E-state index in [2.05, 4.69) is 15.6 Å². The van der Waals surface area contributed by atoms with E-state index in [1.165, 1.54) is 0 Å². The van der Waals surface area contributed by atoms with Gasteiger partial charge < -0.3 is 10.6 Å². The number of amidine groups is 1. The zero-order chi connectivity index (χ0) is 17.1. The molecule has 1 aliphatic heterocycles. The van der Waals surface area contributed by atoms with E-state index in [1.807, 2.05) is 12.1 Å². The fraction of sp³-hybridized carbons (Fsp3) is 0.176. The maximum absolute atomic E-state index is 12.4. The van der Waals surface area contributed by atoms with Crippen LogP contribution in [0.1, 0.15) is 22.3 Å². The quantitative estimate of drug-likeness (QED) is 0.760. The van der Waals surface area contributed by atoms with E-state index in [9.17, 15) is 4.79 Å². The number of aliphatic imine (C=N–C) groups is 1.